The third-order valence-electron chi connectivity index (χ3n) is 7.24. The third kappa shape index (κ3) is 3.79. The van der Waals surface area contributed by atoms with Crippen molar-refractivity contribution in [1.82, 2.24) is 20.1 Å². The minimum absolute atomic E-state index is 0.0653. The number of carbonyl (C=O) groups is 3. The fourth-order valence-electron chi connectivity index (χ4n) is 5.64. The van der Waals surface area contributed by atoms with Crippen molar-refractivity contribution >= 4 is 28.6 Å². The monoisotopic (exact) mass is 461 g/mol. The molecule has 3 amide bonds. The zero-order chi connectivity index (χ0) is 23.8. The Kier molecular flexibility index (Phi) is 5.74. The van der Waals surface area contributed by atoms with E-state index in [1.165, 1.54) is 4.90 Å². The molecule has 0 bridgehead atoms. The second kappa shape index (κ2) is 8.86. The standard InChI is InChI=1S/C25H27N5O4/c1-34-21-8-3-7-19-18(21)11-20(28-19)25(33)30-13-15-5-2-6-17(15)23(30)24(32)27-16(12-26)14-29-10-4-9-22(29)31/h3-4,7-8,10-11,15-17,23,28H,2,5-6,9,13-14H2,1H3,(H,27,32). The number of aromatic amines is 1. The number of ether oxygens (including phenoxy) is 1. The molecule has 2 fully saturated rings. The lowest BCUT2D eigenvalue weighted by molar-refractivity contribution is -0.129. The molecule has 1 saturated carbocycles. The number of aromatic nitrogens is 1. The van der Waals surface area contributed by atoms with E-state index in [2.05, 4.69) is 16.4 Å². The number of nitrogens with zero attached hydrogens (tertiary/aromatic N) is 3. The number of nitriles is 1. The largest absolute Gasteiger partial charge is 0.496 e. The van der Waals surface area contributed by atoms with E-state index in [1.807, 2.05) is 18.2 Å². The van der Waals surface area contributed by atoms with Crippen LogP contribution >= 0.6 is 0 Å². The van der Waals surface area contributed by atoms with Gasteiger partial charge in [0.1, 0.15) is 23.5 Å². The summed E-state index contributed by atoms with van der Waals surface area (Å²) in [5.41, 5.74) is 1.19. The number of carbonyl (C=O) groups excluding carboxylic acids is 3. The minimum Gasteiger partial charge on any atom is -0.496 e. The first-order valence-electron chi connectivity index (χ1n) is 11.6. The average molecular weight is 462 g/mol. The van der Waals surface area contributed by atoms with Crippen LogP contribution in [0.3, 0.4) is 0 Å². The summed E-state index contributed by atoms with van der Waals surface area (Å²) in [5.74, 6) is 0.329. The first kappa shape index (κ1) is 22.0. The molecule has 9 nitrogen and oxygen atoms in total. The van der Waals surface area contributed by atoms with Crippen LogP contribution in [0.5, 0.6) is 5.75 Å². The fourth-order valence-corrected chi connectivity index (χ4v) is 5.64. The van der Waals surface area contributed by atoms with E-state index < -0.39 is 12.1 Å². The molecule has 2 aliphatic heterocycles. The highest BCUT2D eigenvalue weighted by atomic mass is 16.5. The maximum absolute atomic E-state index is 13.6. The number of methoxy groups -OCH3 is 1. The SMILES string of the molecule is COc1cccc2[nH]c(C(=O)N3CC4CCCC4C3C(=O)NC(C#N)CN3C=CCC3=O)cc12. The van der Waals surface area contributed by atoms with Gasteiger partial charge in [0.15, 0.2) is 0 Å². The lowest BCUT2D eigenvalue weighted by atomic mass is 9.93. The molecule has 1 aromatic heterocycles. The van der Waals surface area contributed by atoms with Crippen LogP contribution in [-0.4, -0.2) is 64.8 Å². The molecule has 34 heavy (non-hydrogen) atoms. The van der Waals surface area contributed by atoms with Crippen LogP contribution in [0.25, 0.3) is 10.9 Å². The number of amides is 3. The molecule has 0 spiro atoms. The molecule has 2 aromatic rings. The van der Waals surface area contributed by atoms with Gasteiger partial charge in [0.25, 0.3) is 5.91 Å². The number of benzene rings is 1. The molecule has 4 atom stereocenters. The summed E-state index contributed by atoms with van der Waals surface area (Å²) in [6.07, 6.45) is 6.55. The van der Waals surface area contributed by atoms with Crippen molar-refractivity contribution in [3.63, 3.8) is 0 Å². The van der Waals surface area contributed by atoms with Crippen LogP contribution in [-0.2, 0) is 9.59 Å². The van der Waals surface area contributed by atoms with Gasteiger partial charge in [0.2, 0.25) is 11.8 Å². The summed E-state index contributed by atoms with van der Waals surface area (Å²) in [6, 6.07) is 7.92. The van der Waals surface area contributed by atoms with E-state index in [0.29, 0.717) is 24.4 Å². The summed E-state index contributed by atoms with van der Waals surface area (Å²) in [6.45, 7) is 0.604. The van der Waals surface area contributed by atoms with Gasteiger partial charge in [0, 0.05) is 30.1 Å². The molecule has 1 saturated heterocycles. The summed E-state index contributed by atoms with van der Waals surface area (Å²) in [7, 11) is 1.59. The Hall–Kier alpha value is -3.80. The first-order valence-corrected chi connectivity index (χ1v) is 11.6. The second-order valence-corrected chi connectivity index (χ2v) is 9.19. The molecule has 3 heterocycles. The van der Waals surface area contributed by atoms with Crippen molar-refractivity contribution in [2.24, 2.45) is 11.8 Å². The van der Waals surface area contributed by atoms with E-state index in [1.54, 1.807) is 30.4 Å². The Morgan fingerprint density at radius 1 is 1.35 bits per heavy atom. The van der Waals surface area contributed by atoms with Crippen LogP contribution in [0.2, 0.25) is 0 Å². The fraction of sp³-hybridized carbons (Fsp3) is 0.440. The van der Waals surface area contributed by atoms with E-state index >= 15 is 0 Å². The van der Waals surface area contributed by atoms with Gasteiger partial charge in [-0.05, 0) is 42.9 Å². The Morgan fingerprint density at radius 2 is 2.21 bits per heavy atom. The van der Waals surface area contributed by atoms with E-state index in [0.717, 1.165) is 30.2 Å². The number of likely N-dealkylation sites (tertiary alicyclic amines) is 1. The molecule has 2 N–H and O–H groups in total. The lowest BCUT2D eigenvalue weighted by Crippen LogP contribution is -2.52. The molecule has 5 rings (SSSR count). The van der Waals surface area contributed by atoms with Crippen molar-refractivity contribution in [3.05, 3.63) is 42.2 Å². The normalized spacial score (nSPS) is 24.4. The highest BCUT2D eigenvalue weighted by molar-refractivity contribution is 6.02. The topological polar surface area (TPSA) is 119 Å². The number of fused-ring (bicyclic) bond motifs is 2. The molecule has 0 radical (unpaired) electrons. The van der Waals surface area contributed by atoms with Crippen LogP contribution < -0.4 is 10.1 Å². The summed E-state index contributed by atoms with van der Waals surface area (Å²) in [5, 5.41) is 13.2. The van der Waals surface area contributed by atoms with E-state index in [4.69, 9.17) is 4.74 Å². The lowest BCUT2D eigenvalue weighted by Gasteiger charge is -2.28. The predicted octanol–water partition coefficient (Wildman–Crippen LogP) is 2.17. The number of H-pyrrole nitrogens is 1. The molecular weight excluding hydrogens is 434 g/mol. The van der Waals surface area contributed by atoms with Gasteiger partial charge in [-0.25, -0.2) is 0 Å². The number of hydrogen-bond donors (Lipinski definition) is 2. The number of hydrogen-bond acceptors (Lipinski definition) is 5. The second-order valence-electron chi connectivity index (χ2n) is 9.19. The highest BCUT2D eigenvalue weighted by Crippen LogP contribution is 2.43. The highest BCUT2D eigenvalue weighted by Gasteiger charge is 2.50. The van der Waals surface area contributed by atoms with Crippen molar-refractivity contribution < 1.29 is 19.1 Å². The zero-order valence-corrected chi connectivity index (χ0v) is 19.0. The molecule has 1 aliphatic carbocycles. The Morgan fingerprint density at radius 3 is 2.94 bits per heavy atom. The predicted molar refractivity (Wildman–Crippen MR) is 124 cm³/mol. The van der Waals surface area contributed by atoms with Crippen LogP contribution in [0, 0.1) is 23.2 Å². The van der Waals surface area contributed by atoms with Crippen molar-refractivity contribution in [2.75, 3.05) is 20.2 Å². The van der Waals surface area contributed by atoms with Gasteiger partial charge in [-0.2, -0.15) is 5.26 Å². The minimum atomic E-state index is -0.853. The van der Waals surface area contributed by atoms with Crippen LogP contribution in [0.4, 0.5) is 0 Å². The van der Waals surface area contributed by atoms with Gasteiger partial charge in [-0.15, -0.1) is 0 Å². The summed E-state index contributed by atoms with van der Waals surface area (Å²) >= 11 is 0. The van der Waals surface area contributed by atoms with Gasteiger partial charge >= 0.3 is 0 Å². The Labute approximate surface area is 197 Å². The van der Waals surface area contributed by atoms with Crippen molar-refractivity contribution in [1.29, 1.82) is 5.26 Å². The van der Waals surface area contributed by atoms with Crippen LogP contribution in [0.1, 0.15) is 36.2 Å². The zero-order valence-electron chi connectivity index (χ0n) is 19.0. The summed E-state index contributed by atoms with van der Waals surface area (Å²) < 4.78 is 5.41. The third-order valence-corrected chi connectivity index (χ3v) is 7.24. The smallest absolute Gasteiger partial charge is 0.271 e. The Balaban J connectivity index is 1.38. The molecule has 176 valence electrons. The van der Waals surface area contributed by atoms with E-state index in [9.17, 15) is 19.6 Å². The van der Waals surface area contributed by atoms with Gasteiger partial charge in [-0.3, -0.25) is 14.4 Å². The van der Waals surface area contributed by atoms with E-state index in [-0.39, 0.29) is 36.1 Å². The van der Waals surface area contributed by atoms with Crippen molar-refractivity contribution in [2.45, 2.75) is 37.8 Å². The quantitative estimate of drug-likeness (QED) is 0.684. The molecule has 3 aliphatic rings. The summed E-state index contributed by atoms with van der Waals surface area (Å²) in [4.78, 5) is 45.2. The maximum atomic E-state index is 13.6. The molecule has 9 heteroatoms. The first-order chi connectivity index (χ1) is 16.5. The van der Waals surface area contributed by atoms with Gasteiger partial charge in [0.05, 0.1) is 19.7 Å². The average Bonchev–Trinajstić information content (AvgIpc) is 3.61. The molecular formula is C25H27N5O4. The van der Waals surface area contributed by atoms with Gasteiger partial charge < -0.3 is 24.8 Å². The number of rotatable bonds is 6. The maximum Gasteiger partial charge on any atom is 0.271 e. The Bertz CT molecular complexity index is 1210. The van der Waals surface area contributed by atoms with Gasteiger partial charge in [-0.1, -0.05) is 18.6 Å². The number of nitrogens with one attached hydrogen (secondary N) is 2. The molecule has 4 unspecified atom stereocenters. The molecule has 1 aromatic carbocycles. The van der Waals surface area contributed by atoms with Crippen molar-refractivity contribution in [3.8, 4) is 11.8 Å². The van der Waals surface area contributed by atoms with Crippen LogP contribution in [0.15, 0.2) is 36.5 Å².